The maximum atomic E-state index is 13.1. The maximum absolute atomic E-state index is 13.1. The largest absolute Gasteiger partial charge is 0.385 e. The highest BCUT2D eigenvalue weighted by atomic mass is 19.1. The fourth-order valence-corrected chi connectivity index (χ4v) is 4.49. The summed E-state index contributed by atoms with van der Waals surface area (Å²) in [5, 5.41) is 10.8. The number of hydrogen-bond donors (Lipinski definition) is 1. The molecule has 4 nitrogen and oxygen atoms in total. The molecule has 3 aliphatic rings. The Morgan fingerprint density at radius 3 is 2.60 bits per heavy atom. The highest BCUT2D eigenvalue weighted by Gasteiger charge is 2.43. The molecule has 1 saturated heterocycles. The van der Waals surface area contributed by atoms with E-state index < -0.39 is 5.60 Å². The SMILES string of the molecule is CC1(O)CC(=O)CC2=C1C(C1CCN(c3ccc(F)cc3)CC1)=NC2. The van der Waals surface area contributed by atoms with Gasteiger partial charge < -0.3 is 10.0 Å². The molecule has 0 aromatic heterocycles. The Morgan fingerprint density at radius 1 is 1.24 bits per heavy atom. The van der Waals surface area contributed by atoms with E-state index in [1.165, 1.54) is 12.1 Å². The second-order valence-electron chi connectivity index (χ2n) is 7.58. The molecule has 132 valence electrons. The molecule has 0 radical (unpaired) electrons. The molecule has 2 heterocycles. The number of halogens is 1. The number of anilines is 1. The molecule has 5 heteroatoms. The highest BCUT2D eigenvalue weighted by Crippen LogP contribution is 2.40. The standard InChI is InChI=1S/C20H23FN2O2/c1-20(25)11-17(24)10-14-12-22-19(18(14)20)13-6-8-23(9-7-13)16-4-2-15(21)3-5-16/h2-5,13,25H,6-12H2,1H3. The van der Waals surface area contributed by atoms with E-state index in [0.29, 0.717) is 18.9 Å². The van der Waals surface area contributed by atoms with Crippen molar-refractivity contribution in [2.75, 3.05) is 24.5 Å². The van der Waals surface area contributed by atoms with Crippen molar-refractivity contribution in [3.63, 3.8) is 0 Å². The number of hydrogen-bond acceptors (Lipinski definition) is 4. The number of Topliss-reactive ketones (excluding diaryl/α,β-unsaturated/α-hetero) is 1. The maximum Gasteiger partial charge on any atom is 0.140 e. The molecule has 1 aliphatic carbocycles. The smallest absolute Gasteiger partial charge is 0.140 e. The molecule has 1 aromatic carbocycles. The number of carbonyl (C=O) groups excluding carboxylic acids is 1. The average Bonchev–Trinajstić information content (AvgIpc) is 3.00. The first-order valence-electron chi connectivity index (χ1n) is 8.96. The van der Waals surface area contributed by atoms with Gasteiger partial charge in [0.15, 0.2) is 0 Å². The lowest BCUT2D eigenvalue weighted by Gasteiger charge is -2.37. The van der Waals surface area contributed by atoms with Gasteiger partial charge in [-0.1, -0.05) is 0 Å². The Morgan fingerprint density at radius 2 is 1.92 bits per heavy atom. The number of ketones is 1. The van der Waals surface area contributed by atoms with Crippen LogP contribution in [0.2, 0.25) is 0 Å². The van der Waals surface area contributed by atoms with Crippen LogP contribution in [0.4, 0.5) is 10.1 Å². The van der Waals surface area contributed by atoms with Crippen molar-refractivity contribution in [3.05, 3.63) is 41.2 Å². The van der Waals surface area contributed by atoms with Crippen LogP contribution in [-0.4, -0.2) is 41.8 Å². The van der Waals surface area contributed by atoms with E-state index in [4.69, 9.17) is 4.99 Å². The second-order valence-corrected chi connectivity index (χ2v) is 7.58. The quantitative estimate of drug-likeness (QED) is 0.899. The van der Waals surface area contributed by atoms with Crippen molar-refractivity contribution in [2.24, 2.45) is 10.9 Å². The Kier molecular flexibility index (Phi) is 3.99. The molecule has 1 unspecified atom stereocenters. The normalized spacial score (nSPS) is 27.6. The van der Waals surface area contributed by atoms with E-state index >= 15 is 0 Å². The summed E-state index contributed by atoms with van der Waals surface area (Å²) in [5.41, 5.74) is 2.94. The van der Waals surface area contributed by atoms with Gasteiger partial charge in [-0.3, -0.25) is 9.79 Å². The van der Waals surface area contributed by atoms with Crippen LogP contribution in [0.5, 0.6) is 0 Å². The van der Waals surface area contributed by atoms with Crippen molar-refractivity contribution < 1.29 is 14.3 Å². The van der Waals surface area contributed by atoms with Gasteiger partial charge >= 0.3 is 0 Å². The summed E-state index contributed by atoms with van der Waals surface area (Å²) in [6, 6.07) is 6.63. The van der Waals surface area contributed by atoms with Crippen LogP contribution in [0, 0.1) is 11.7 Å². The Hall–Kier alpha value is -2.01. The van der Waals surface area contributed by atoms with Crippen molar-refractivity contribution in [1.82, 2.24) is 0 Å². The molecule has 1 aromatic rings. The van der Waals surface area contributed by atoms with E-state index in [-0.39, 0.29) is 18.0 Å². The summed E-state index contributed by atoms with van der Waals surface area (Å²) < 4.78 is 13.1. The number of benzene rings is 1. The van der Waals surface area contributed by atoms with Crippen LogP contribution in [0.15, 0.2) is 40.4 Å². The molecule has 0 saturated carbocycles. The first kappa shape index (κ1) is 16.5. The highest BCUT2D eigenvalue weighted by molar-refractivity contribution is 6.08. The van der Waals surface area contributed by atoms with Crippen LogP contribution in [0.3, 0.4) is 0 Å². The second kappa shape index (κ2) is 6.06. The first-order chi connectivity index (χ1) is 11.9. The van der Waals surface area contributed by atoms with Crippen molar-refractivity contribution in [1.29, 1.82) is 0 Å². The molecule has 1 atom stereocenters. The van der Waals surface area contributed by atoms with E-state index in [1.54, 1.807) is 6.92 Å². The molecular weight excluding hydrogens is 319 g/mol. The van der Waals surface area contributed by atoms with Crippen LogP contribution in [0.1, 0.15) is 32.6 Å². The number of rotatable bonds is 2. The molecular formula is C20H23FN2O2. The number of aliphatic hydroxyl groups is 1. The number of piperidine rings is 1. The molecule has 0 spiro atoms. The van der Waals surface area contributed by atoms with Crippen LogP contribution in [-0.2, 0) is 4.79 Å². The molecule has 1 fully saturated rings. The van der Waals surface area contributed by atoms with E-state index in [2.05, 4.69) is 4.90 Å². The number of carbonyl (C=O) groups is 1. The number of aliphatic imine (C=N–C) groups is 1. The summed E-state index contributed by atoms with van der Waals surface area (Å²) in [6.07, 6.45) is 2.54. The fraction of sp³-hybridized carbons (Fsp3) is 0.500. The molecule has 2 aliphatic heterocycles. The minimum atomic E-state index is -1.08. The van der Waals surface area contributed by atoms with Gasteiger partial charge in [-0.05, 0) is 49.6 Å². The van der Waals surface area contributed by atoms with Crippen LogP contribution in [0.25, 0.3) is 0 Å². The third kappa shape index (κ3) is 3.01. The lowest BCUT2D eigenvalue weighted by molar-refractivity contribution is -0.122. The lowest BCUT2D eigenvalue weighted by Crippen LogP contribution is -2.42. The van der Waals surface area contributed by atoms with Crippen molar-refractivity contribution >= 4 is 17.2 Å². The topological polar surface area (TPSA) is 52.9 Å². The monoisotopic (exact) mass is 342 g/mol. The molecule has 4 rings (SSSR count). The Bertz CT molecular complexity index is 756. The molecule has 0 amide bonds. The summed E-state index contributed by atoms with van der Waals surface area (Å²) in [5.74, 6) is 0.211. The van der Waals surface area contributed by atoms with Gasteiger partial charge in [-0.2, -0.15) is 0 Å². The van der Waals surface area contributed by atoms with Gasteiger partial charge in [0, 0.05) is 48.8 Å². The van der Waals surface area contributed by atoms with Crippen LogP contribution >= 0.6 is 0 Å². The van der Waals surface area contributed by atoms with Crippen molar-refractivity contribution in [2.45, 2.75) is 38.2 Å². The summed E-state index contributed by atoms with van der Waals surface area (Å²) in [6.45, 7) is 4.08. The minimum Gasteiger partial charge on any atom is -0.385 e. The zero-order valence-corrected chi connectivity index (χ0v) is 14.5. The summed E-state index contributed by atoms with van der Waals surface area (Å²) >= 11 is 0. The zero-order chi connectivity index (χ0) is 17.6. The molecule has 0 bridgehead atoms. The third-order valence-electron chi connectivity index (χ3n) is 5.61. The Balaban J connectivity index is 1.48. The third-order valence-corrected chi connectivity index (χ3v) is 5.61. The number of nitrogens with zero attached hydrogens (tertiary/aromatic N) is 2. The molecule has 25 heavy (non-hydrogen) atoms. The van der Waals surface area contributed by atoms with Gasteiger partial charge in [0.25, 0.3) is 0 Å². The van der Waals surface area contributed by atoms with Crippen molar-refractivity contribution in [3.8, 4) is 0 Å². The average molecular weight is 342 g/mol. The lowest BCUT2D eigenvalue weighted by atomic mass is 9.74. The van der Waals surface area contributed by atoms with Gasteiger partial charge in [0.05, 0.1) is 12.1 Å². The van der Waals surface area contributed by atoms with Gasteiger partial charge in [-0.15, -0.1) is 0 Å². The van der Waals surface area contributed by atoms with Crippen LogP contribution < -0.4 is 4.90 Å². The van der Waals surface area contributed by atoms with E-state index in [9.17, 15) is 14.3 Å². The molecule has 1 N–H and O–H groups in total. The zero-order valence-electron chi connectivity index (χ0n) is 14.5. The predicted octanol–water partition coefficient (Wildman–Crippen LogP) is 2.91. The summed E-state index contributed by atoms with van der Waals surface area (Å²) in [7, 11) is 0. The van der Waals surface area contributed by atoms with Gasteiger partial charge in [-0.25, -0.2) is 4.39 Å². The van der Waals surface area contributed by atoms with E-state index in [1.807, 2.05) is 12.1 Å². The first-order valence-corrected chi connectivity index (χ1v) is 8.96. The fourth-order valence-electron chi connectivity index (χ4n) is 4.49. The summed E-state index contributed by atoms with van der Waals surface area (Å²) in [4.78, 5) is 18.8. The van der Waals surface area contributed by atoms with Gasteiger partial charge in [0.2, 0.25) is 0 Å². The minimum absolute atomic E-state index is 0.103. The Labute approximate surface area is 147 Å². The van der Waals surface area contributed by atoms with E-state index in [0.717, 1.165) is 48.5 Å². The predicted molar refractivity (Wildman–Crippen MR) is 95.5 cm³/mol. The van der Waals surface area contributed by atoms with Gasteiger partial charge in [0.1, 0.15) is 11.6 Å².